The Hall–Kier alpha value is -2.30. The van der Waals surface area contributed by atoms with Crippen LogP contribution in [0.1, 0.15) is 17.3 Å². The highest BCUT2D eigenvalue weighted by molar-refractivity contribution is 6.44. The van der Waals surface area contributed by atoms with E-state index in [1.807, 2.05) is 6.92 Å². The molecular weight excluding hydrogens is 220 g/mol. The Morgan fingerprint density at radius 1 is 1.41 bits per heavy atom. The number of benzene rings is 1. The van der Waals surface area contributed by atoms with Gasteiger partial charge in [-0.3, -0.25) is 9.59 Å². The lowest BCUT2D eigenvalue weighted by Crippen LogP contribution is -2.22. The Morgan fingerprint density at radius 2 is 2.18 bits per heavy atom. The van der Waals surface area contributed by atoms with Gasteiger partial charge in [0.25, 0.3) is 11.7 Å². The van der Waals surface area contributed by atoms with Crippen LogP contribution in [0.3, 0.4) is 0 Å². The van der Waals surface area contributed by atoms with E-state index < -0.39 is 11.7 Å². The quantitative estimate of drug-likeness (QED) is 0.614. The molecule has 17 heavy (non-hydrogen) atoms. The molecule has 0 aliphatic carbocycles. The van der Waals surface area contributed by atoms with Gasteiger partial charge in [-0.05, 0) is 25.1 Å². The maximum atomic E-state index is 11.6. The number of nitrogens with two attached hydrogens (primary N) is 1. The molecule has 1 aromatic heterocycles. The van der Waals surface area contributed by atoms with E-state index in [9.17, 15) is 9.59 Å². The maximum Gasteiger partial charge on any atom is 0.289 e. The smallest absolute Gasteiger partial charge is 0.289 e. The van der Waals surface area contributed by atoms with Gasteiger partial charge >= 0.3 is 0 Å². The normalized spacial score (nSPS) is 10.4. The van der Waals surface area contributed by atoms with Crippen molar-refractivity contribution >= 4 is 22.6 Å². The van der Waals surface area contributed by atoms with Gasteiger partial charge in [0, 0.05) is 17.1 Å². The summed E-state index contributed by atoms with van der Waals surface area (Å²) in [6.07, 6.45) is 1.48. The molecule has 1 heterocycles. The number of aromatic amines is 1. The Morgan fingerprint density at radius 3 is 2.82 bits per heavy atom. The summed E-state index contributed by atoms with van der Waals surface area (Å²) >= 11 is 0. The first kappa shape index (κ1) is 11.2. The zero-order valence-corrected chi connectivity index (χ0v) is 9.32. The molecule has 0 saturated carbocycles. The number of carbonyl (C=O) groups excluding carboxylic acids is 2. The van der Waals surface area contributed by atoms with Gasteiger partial charge in [-0.25, -0.2) is 0 Å². The summed E-state index contributed by atoms with van der Waals surface area (Å²) in [5, 5.41) is 0.639. The molecule has 0 saturated heterocycles. The second-order valence-electron chi connectivity index (χ2n) is 3.54. The summed E-state index contributed by atoms with van der Waals surface area (Å²) in [6, 6.07) is 5.30. The molecule has 0 spiro atoms. The summed E-state index contributed by atoms with van der Waals surface area (Å²) in [5.74, 6) is -1.02. The number of amides is 1. The molecule has 0 aliphatic rings. The van der Waals surface area contributed by atoms with E-state index in [1.165, 1.54) is 6.20 Å². The fourth-order valence-electron chi connectivity index (χ4n) is 1.68. The number of carbonyl (C=O) groups is 2. The third kappa shape index (κ3) is 1.99. The van der Waals surface area contributed by atoms with Crippen molar-refractivity contribution in [2.75, 3.05) is 6.61 Å². The minimum Gasteiger partial charge on any atom is -0.494 e. The fraction of sp³-hybridized carbons (Fsp3) is 0.167. The Balaban J connectivity index is 2.53. The number of nitrogens with one attached hydrogen (secondary N) is 1. The SMILES string of the molecule is CCOc1ccc2[nH]cc(C(=O)C(N)=O)c2c1. The number of primary amides is 1. The van der Waals surface area contributed by atoms with Crippen LogP contribution in [0.2, 0.25) is 0 Å². The monoisotopic (exact) mass is 232 g/mol. The van der Waals surface area contributed by atoms with Crippen LogP contribution < -0.4 is 10.5 Å². The van der Waals surface area contributed by atoms with E-state index in [4.69, 9.17) is 10.5 Å². The number of rotatable bonds is 4. The van der Waals surface area contributed by atoms with Gasteiger partial charge in [0.2, 0.25) is 0 Å². The molecule has 0 radical (unpaired) electrons. The van der Waals surface area contributed by atoms with E-state index in [0.29, 0.717) is 17.7 Å². The maximum absolute atomic E-state index is 11.6. The number of aromatic nitrogens is 1. The predicted molar refractivity (Wildman–Crippen MR) is 63.0 cm³/mol. The third-order valence-corrected chi connectivity index (χ3v) is 2.43. The number of Topliss-reactive ketones (excluding diaryl/α,β-unsaturated/α-hetero) is 1. The van der Waals surface area contributed by atoms with E-state index in [-0.39, 0.29) is 5.56 Å². The number of fused-ring (bicyclic) bond motifs is 1. The highest BCUT2D eigenvalue weighted by atomic mass is 16.5. The van der Waals surface area contributed by atoms with Crippen LogP contribution in [0, 0.1) is 0 Å². The first-order chi connectivity index (χ1) is 8.13. The number of ketones is 1. The van der Waals surface area contributed by atoms with Crippen LogP contribution in [0.4, 0.5) is 0 Å². The van der Waals surface area contributed by atoms with Crippen molar-refractivity contribution in [1.29, 1.82) is 0 Å². The first-order valence-electron chi connectivity index (χ1n) is 5.21. The second-order valence-corrected chi connectivity index (χ2v) is 3.54. The molecule has 2 rings (SSSR count). The van der Waals surface area contributed by atoms with Gasteiger partial charge in [-0.2, -0.15) is 0 Å². The van der Waals surface area contributed by atoms with Crippen LogP contribution >= 0.6 is 0 Å². The largest absolute Gasteiger partial charge is 0.494 e. The molecule has 0 bridgehead atoms. The molecule has 0 fully saturated rings. The van der Waals surface area contributed by atoms with E-state index >= 15 is 0 Å². The van der Waals surface area contributed by atoms with E-state index in [0.717, 1.165) is 5.52 Å². The zero-order chi connectivity index (χ0) is 12.4. The summed E-state index contributed by atoms with van der Waals surface area (Å²) in [4.78, 5) is 25.3. The highest BCUT2D eigenvalue weighted by Crippen LogP contribution is 2.24. The fourth-order valence-corrected chi connectivity index (χ4v) is 1.68. The summed E-state index contributed by atoms with van der Waals surface area (Å²) < 4.78 is 5.34. The van der Waals surface area contributed by atoms with Gasteiger partial charge in [0.05, 0.1) is 12.2 Å². The van der Waals surface area contributed by atoms with Crippen LogP contribution in [0.15, 0.2) is 24.4 Å². The lowest BCUT2D eigenvalue weighted by atomic mass is 10.1. The summed E-state index contributed by atoms with van der Waals surface area (Å²) in [7, 11) is 0. The van der Waals surface area contributed by atoms with E-state index in [1.54, 1.807) is 18.2 Å². The van der Waals surface area contributed by atoms with Gasteiger partial charge < -0.3 is 15.5 Å². The molecule has 2 aromatic rings. The molecule has 88 valence electrons. The molecule has 0 unspecified atom stereocenters. The van der Waals surface area contributed by atoms with Crippen molar-refractivity contribution in [2.24, 2.45) is 5.73 Å². The standard InChI is InChI=1S/C12H12N2O3/c1-2-17-7-3-4-10-8(5-7)9(6-14-10)11(15)12(13)16/h3-6,14H,2H2,1H3,(H2,13,16). The Labute approximate surface area is 97.6 Å². The number of H-pyrrole nitrogens is 1. The highest BCUT2D eigenvalue weighted by Gasteiger charge is 2.17. The zero-order valence-electron chi connectivity index (χ0n) is 9.32. The summed E-state index contributed by atoms with van der Waals surface area (Å²) in [6.45, 7) is 2.41. The molecule has 0 aliphatic heterocycles. The second kappa shape index (κ2) is 4.29. The number of hydrogen-bond donors (Lipinski definition) is 2. The molecular formula is C12H12N2O3. The van der Waals surface area contributed by atoms with Crippen molar-refractivity contribution in [2.45, 2.75) is 6.92 Å². The van der Waals surface area contributed by atoms with Crippen molar-refractivity contribution in [3.8, 4) is 5.75 Å². The third-order valence-electron chi connectivity index (χ3n) is 2.43. The molecule has 0 atom stereocenters. The Bertz CT molecular complexity index is 586. The van der Waals surface area contributed by atoms with Gasteiger partial charge in [0.1, 0.15) is 5.75 Å². The van der Waals surface area contributed by atoms with Crippen LogP contribution in [0.5, 0.6) is 5.75 Å². The van der Waals surface area contributed by atoms with Crippen molar-refractivity contribution in [3.63, 3.8) is 0 Å². The molecule has 1 amide bonds. The van der Waals surface area contributed by atoms with E-state index in [2.05, 4.69) is 4.98 Å². The molecule has 5 nitrogen and oxygen atoms in total. The number of ether oxygens (including phenoxy) is 1. The lowest BCUT2D eigenvalue weighted by molar-refractivity contribution is -0.114. The Kier molecular flexibility index (Phi) is 2.82. The average molecular weight is 232 g/mol. The molecule has 5 heteroatoms. The number of hydrogen-bond acceptors (Lipinski definition) is 3. The average Bonchev–Trinajstić information content (AvgIpc) is 2.71. The van der Waals surface area contributed by atoms with Crippen LogP contribution in [-0.4, -0.2) is 23.3 Å². The summed E-state index contributed by atoms with van der Waals surface area (Å²) in [5.41, 5.74) is 6.02. The van der Waals surface area contributed by atoms with Crippen molar-refractivity contribution < 1.29 is 14.3 Å². The van der Waals surface area contributed by atoms with Gasteiger partial charge in [-0.15, -0.1) is 0 Å². The van der Waals surface area contributed by atoms with Crippen LogP contribution in [0.25, 0.3) is 10.9 Å². The molecule has 3 N–H and O–H groups in total. The van der Waals surface area contributed by atoms with Gasteiger partial charge in [-0.1, -0.05) is 0 Å². The first-order valence-corrected chi connectivity index (χ1v) is 5.21. The van der Waals surface area contributed by atoms with Crippen LogP contribution in [-0.2, 0) is 4.79 Å². The topological polar surface area (TPSA) is 85.2 Å². The van der Waals surface area contributed by atoms with Gasteiger partial charge in [0.15, 0.2) is 0 Å². The minimum atomic E-state index is -0.965. The minimum absolute atomic E-state index is 0.272. The predicted octanol–water partition coefficient (Wildman–Crippen LogP) is 1.23. The van der Waals surface area contributed by atoms with Crippen molar-refractivity contribution in [3.05, 3.63) is 30.0 Å². The van der Waals surface area contributed by atoms with Crippen molar-refractivity contribution in [1.82, 2.24) is 4.98 Å². The molecule has 1 aromatic carbocycles. The lowest BCUT2D eigenvalue weighted by Gasteiger charge is -2.02.